The van der Waals surface area contributed by atoms with Crippen LogP contribution in [-0.2, 0) is 9.84 Å². The first-order chi connectivity index (χ1) is 14.1. The van der Waals surface area contributed by atoms with Crippen molar-refractivity contribution in [2.75, 3.05) is 11.5 Å². The number of ether oxygens (including phenoxy) is 2. The molecule has 0 unspecified atom stereocenters. The number of rotatable bonds is 5. The maximum absolute atomic E-state index is 13.0. The van der Waals surface area contributed by atoms with E-state index in [4.69, 9.17) is 14.7 Å². The zero-order valence-corrected chi connectivity index (χ0v) is 17.4. The van der Waals surface area contributed by atoms with E-state index in [1.165, 1.54) is 13.0 Å². The average molecular weight is 437 g/mol. The number of nitrogens with zero attached hydrogens (tertiary/aromatic N) is 1. The summed E-state index contributed by atoms with van der Waals surface area (Å²) in [4.78, 5) is 13.0. The summed E-state index contributed by atoms with van der Waals surface area (Å²) in [5.41, 5.74) is 0.789. The summed E-state index contributed by atoms with van der Waals surface area (Å²) in [5, 5.41) is 31.4. The van der Waals surface area contributed by atoms with Gasteiger partial charge < -0.3 is 24.9 Å². The van der Waals surface area contributed by atoms with Crippen LogP contribution in [0.4, 0.5) is 0 Å². The van der Waals surface area contributed by atoms with Crippen LogP contribution in [-0.4, -0.2) is 53.1 Å². The van der Waals surface area contributed by atoms with Crippen molar-refractivity contribution in [3.63, 3.8) is 0 Å². The molecule has 0 aromatic heterocycles. The molecule has 2 heterocycles. The minimum absolute atomic E-state index is 0.0697. The fourth-order valence-electron chi connectivity index (χ4n) is 3.43. The van der Waals surface area contributed by atoms with E-state index in [1.807, 2.05) is 0 Å². The van der Waals surface area contributed by atoms with Gasteiger partial charge in [-0.3, -0.25) is 4.79 Å². The molecule has 0 aliphatic carbocycles. The van der Waals surface area contributed by atoms with Gasteiger partial charge >= 0.3 is 0 Å². The Labute approximate surface area is 173 Å². The number of aliphatic hydroxyl groups excluding tert-OH is 2. The molecule has 1 fully saturated rings. The van der Waals surface area contributed by atoms with Gasteiger partial charge in [-0.15, -0.1) is 0 Å². The first-order valence-corrected chi connectivity index (χ1v) is 11.1. The number of Topliss-reactive ketones (excluding diaryl/α,β-unsaturated/α-hetero) is 1. The lowest BCUT2D eigenvalue weighted by Crippen LogP contribution is -2.46. The fourth-order valence-corrected chi connectivity index (χ4v) is 4.88. The molecule has 30 heavy (non-hydrogen) atoms. The molecule has 0 atom stereocenters. The van der Waals surface area contributed by atoms with E-state index < -0.39 is 33.6 Å². The van der Waals surface area contributed by atoms with Crippen LogP contribution in [0.3, 0.4) is 0 Å². The quantitative estimate of drug-likeness (QED) is 0.159. The second kappa shape index (κ2) is 8.02. The Balaban J connectivity index is 1.94. The average Bonchev–Trinajstić information content (AvgIpc) is 3.09. The lowest BCUT2D eigenvalue weighted by Gasteiger charge is -2.31. The summed E-state index contributed by atoms with van der Waals surface area (Å²) in [5.74, 6) is -2.05. The zero-order chi connectivity index (χ0) is 22.1. The van der Waals surface area contributed by atoms with E-state index >= 15 is 0 Å². The lowest BCUT2D eigenvalue weighted by molar-refractivity contribution is -0.0859. The van der Waals surface area contributed by atoms with Gasteiger partial charge in [-0.25, -0.2) is 8.42 Å². The molecule has 1 saturated heterocycles. The van der Waals surface area contributed by atoms with Gasteiger partial charge in [-0.2, -0.15) is 0 Å². The molecule has 0 radical (unpaired) electrons. The Morgan fingerprint density at radius 3 is 2.43 bits per heavy atom. The molecule has 10 heteroatoms. The summed E-state index contributed by atoms with van der Waals surface area (Å²) in [6, 6.07) is 3.24. The van der Waals surface area contributed by atoms with E-state index in [0.717, 1.165) is 5.56 Å². The molecule has 0 saturated carbocycles. The van der Waals surface area contributed by atoms with E-state index in [9.17, 15) is 23.4 Å². The van der Waals surface area contributed by atoms with Gasteiger partial charge in [-0.1, -0.05) is 11.2 Å². The Kier molecular flexibility index (Phi) is 5.80. The fraction of sp³-hybridized carbons (Fsp3) is 0.400. The van der Waals surface area contributed by atoms with Crippen molar-refractivity contribution in [3.05, 3.63) is 46.4 Å². The highest BCUT2D eigenvalue weighted by Crippen LogP contribution is 2.48. The predicted molar refractivity (Wildman–Crippen MR) is 108 cm³/mol. The highest BCUT2D eigenvalue weighted by molar-refractivity contribution is 7.91. The Hall–Kier alpha value is -3.01. The third kappa shape index (κ3) is 4.13. The molecule has 2 aliphatic rings. The number of aliphatic hydroxyl groups is 2. The molecule has 1 spiro atoms. The first kappa shape index (κ1) is 21.7. The van der Waals surface area contributed by atoms with Gasteiger partial charge in [-0.05, 0) is 31.6 Å². The summed E-state index contributed by atoms with van der Waals surface area (Å²) >= 11 is 0. The molecule has 3 rings (SSSR count). The van der Waals surface area contributed by atoms with Gasteiger partial charge in [0.2, 0.25) is 0 Å². The number of sulfone groups is 1. The van der Waals surface area contributed by atoms with Crippen molar-refractivity contribution in [2.24, 2.45) is 5.16 Å². The van der Waals surface area contributed by atoms with E-state index in [0.29, 0.717) is 12.0 Å². The molecule has 162 valence electrons. The van der Waals surface area contributed by atoms with Gasteiger partial charge in [0.15, 0.2) is 27.1 Å². The summed E-state index contributed by atoms with van der Waals surface area (Å²) in [6.45, 7) is 3.31. The number of carbonyl (C=O) groups excluding carboxylic acids is 1. The van der Waals surface area contributed by atoms with Gasteiger partial charge in [0, 0.05) is 24.8 Å². The number of ketones is 1. The number of fused-ring (bicyclic) bond motifs is 1. The molecule has 3 N–H and O–H groups in total. The summed E-state index contributed by atoms with van der Waals surface area (Å²) in [6.07, 6.45) is 1.90. The highest BCUT2D eigenvalue weighted by atomic mass is 32.2. The number of oxime groups is 1. The van der Waals surface area contributed by atoms with Gasteiger partial charge in [0.05, 0.1) is 17.1 Å². The second-order valence-corrected chi connectivity index (χ2v) is 9.54. The van der Waals surface area contributed by atoms with Crippen molar-refractivity contribution < 1.29 is 38.1 Å². The van der Waals surface area contributed by atoms with Crippen LogP contribution in [0.15, 0.2) is 40.5 Å². The molecular weight excluding hydrogens is 414 g/mol. The second-order valence-electron chi connectivity index (χ2n) is 7.24. The number of carbonyl (C=O) groups is 1. The van der Waals surface area contributed by atoms with Crippen LogP contribution < -0.4 is 9.47 Å². The topological polar surface area (TPSA) is 143 Å². The van der Waals surface area contributed by atoms with Crippen molar-refractivity contribution in [2.45, 2.75) is 38.9 Å². The minimum Gasteiger partial charge on any atom is -0.508 e. The Morgan fingerprint density at radius 1 is 1.20 bits per heavy atom. The number of hydrogen-bond acceptors (Lipinski definition) is 9. The third-order valence-electron chi connectivity index (χ3n) is 5.18. The molecule has 0 bridgehead atoms. The number of benzene rings is 1. The minimum atomic E-state index is -3.14. The summed E-state index contributed by atoms with van der Waals surface area (Å²) < 4.78 is 35.6. The van der Waals surface area contributed by atoms with E-state index in [1.54, 1.807) is 19.1 Å². The van der Waals surface area contributed by atoms with Crippen molar-refractivity contribution >= 4 is 21.8 Å². The third-order valence-corrected chi connectivity index (χ3v) is 6.83. The molecule has 1 aromatic carbocycles. The van der Waals surface area contributed by atoms with Crippen molar-refractivity contribution in [1.82, 2.24) is 0 Å². The molecule has 0 amide bonds. The number of allylic oxidation sites excluding steroid dienone is 3. The van der Waals surface area contributed by atoms with Crippen LogP contribution in [0.1, 0.15) is 42.1 Å². The van der Waals surface area contributed by atoms with Crippen molar-refractivity contribution in [1.29, 1.82) is 0 Å². The molecule has 2 aliphatic heterocycles. The predicted octanol–water partition coefficient (Wildman–Crippen LogP) is 2.98. The largest absolute Gasteiger partial charge is 0.508 e. The number of hydrogen-bond donors (Lipinski definition) is 3. The van der Waals surface area contributed by atoms with Crippen LogP contribution >= 0.6 is 0 Å². The van der Waals surface area contributed by atoms with Crippen LogP contribution in [0, 0.1) is 6.92 Å². The molecule has 1 aromatic rings. The monoisotopic (exact) mass is 437 g/mol. The Morgan fingerprint density at radius 2 is 1.83 bits per heavy atom. The maximum Gasteiger partial charge on any atom is 0.253 e. The zero-order valence-electron chi connectivity index (χ0n) is 16.6. The highest BCUT2D eigenvalue weighted by Gasteiger charge is 2.47. The van der Waals surface area contributed by atoms with E-state index in [2.05, 4.69) is 5.16 Å². The SMILES string of the molecule is C\C=C(O)/C(CC(=O)c1ccc(C)c2c1OC1(CCS(=O)(=O)CC1)O2)=C(O)\C=N\O. The summed E-state index contributed by atoms with van der Waals surface area (Å²) in [7, 11) is -3.14. The first-order valence-electron chi connectivity index (χ1n) is 9.32. The standard InChI is InChI=1S/C20H23NO8S/c1-3-15(22)14(17(24)11-21-25)10-16(23)13-5-4-12(2)18-19(13)29-20(28-18)6-8-30(26,27)9-7-20/h3-5,11,22,24-25H,6-10H2,1-2H3/b15-3+,17-14+,21-11+. The maximum atomic E-state index is 13.0. The normalized spacial score (nSPS) is 20.4. The van der Waals surface area contributed by atoms with Crippen LogP contribution in [0.2, 0.25) is 0 Å². The smallest absolute Gasteiger partial charge is 0.253 e. The van der Waals surface area contributed by atoms with Gasteiger partial charge in [0.25, 0.3) is 5.79 Å². The number of aryl methyl sites for hydroxylation is 1. The molecule has 9 nitrogen and oxygen atoms in total. The molecular formula is C20H23NO8S. The van der Waals surface area contributed by atoms with Crippen LogP contribution in [0.5, 0.6) is 11.5 Å². The van der Waals surface area contributed by atoms with E-state index in [-0.39, 0.29) is 47.0 Å². The lowest BCUT2D eigenvalue weighted by atomic mass is 9.98. The van der Waals surface area contributed by atoms with Gasteiger partial charge in [0.1, 0.15) is 17.7 Å². The van der Waals surface area contributed by atoms with Crippen molar-refractivity contribution in [3.8, 4) is 11.5 Å². The van der Waals surface area contributed by atoms with Crippen LogP contribution in [0.25, 0.3) is 0 Å². The Bertz CT molecular complexity index is 1050.